The summed E-state index contributed by atoms with van der Waals surface area (Å²) in [5, 5.41) is 3.08. The van der Waals surface area contributed by atoms with Gasteiger partial charge < -0.3 is 10.1 Å². The highest BCUT2D eigenvalue weighted by Crippen LogP contribution is 2.21. The van der Waals surface area contributed by atoms with Gasteiger partial charge in [-0.15, -0.1) is 0 Å². The van der Waals surface area contributed by atoms with Gasteiger partial charge in [-0.3, -0.25) is 9.69 Å². The lowest BCUT2D eigenvalue weighted by atomic mass is 9.92. The first kappa shape index (κ1) is 20.8. The van der Waals surface area contributed by atoms with Crippen LogP contribution >= 0.6 is 0 Å². The van der Waals surface area contributed by atoms with Gasteiger partial charge in [0.15, 0.2) is 0 Å². The van der Waals surface area contributed by atoms with E-state index in [9.17, 15) is 4.79 Å². The van der Waals surface area contributed by atoms with Crippen LogP contribution in [0.25, 0.3) is 0 Å². The molecule has 0 radical (unpaired) electrons. The molecule has 1 heterocycles. The van der Waals surface area contributed by atoms with Crippen molar-refractivity contribution in [2.24, 2.45) is 17.3 Å². The Labute approximate surface area is 159 Å². The normalized spacial score (nSPS) is 15.8. The maximum atomic E-state index is 12.1. The molecule has 0 spiro atoms. The van der Waals surface area contributed by atoms with Crippen LogP contribution < -0.4 is 10.1 Å². The summed E-state index contributed by atoms with van der Waals surface area (Å²) in [7, 11) is 0. The highest BCUT2D eigenvalue weighted by molar-refractivity contribution is 5.79. The Bertz CT molecular complexity index is 555. The Morgan fingerprint density at radius 3 is 2.46 bits per heavy atom. The summed E-state index contributed by atoms with van der Waals surface area (Å²) < 4.78 is 5.76. The second-order valence-corrected chi connectivity index (χ2v) is 9.17. The smallest absolute Gasteiger partial charge is 0.225 e. The highest BCUT2D eigenvalue weighted by atomic mass is 16.5. The zero-order valence-electron chi connectivity index (χ0n) is 17.2. The minimum absolute atomic E-state index is 0.147. The standard InChI is InChI=1S/C22H36N2O2/c1-17(2)10-13-26-20-8-6-18(7-9-20)14-24-15-19(16-24)21(25)23-12-11-22(3,4)5/h6-9,17,19H,10-16H2,1-5H3,(H,23,25). The fourth-order valence-corrected chi connectivity index (χ4v) is 2.93. The third kappa shape index (κ3) is 7.36. The molecule has 0 atom stereocenters. The van der Waals surface area contributed by atoms with Gasteiger partial charge in [-0.2, -0.15) is 0 Å². The lowest BCUT2D eigenvalue weighted by Gasteiger charge is -2.38. The van der Waals surface area contributed by atoms with Crippen LogP contribution in [-0.2, 0) is 11.3 Å². The zero-order valence-corrected chi connectivity index (χ0v) is 17.2. The summed E-state index contributed by atoms with van der Waals surface area (Å²) >= 11 is 0. The number of hydrogen-bond donors (Lipinski definition) is 1. The number of rotatable bonds is 9. The maximum absolute atomic E-state index is 12.1. The van der Waals surface area contributed by atoms with Crippen LogP contribution in [0.15, 0.2) is 24.3 Å². The van der Waals surface area contributed by atoms with E-state index in [1.807, 2.05) is 12.1 Å². The summed E-state index contributed by atoms with van der Waals surface area (Å²) in [6.07, 6.45) is 2.09. The Hall–Kier alpha value is -1.55. The molecule has 2 rings (SSSR count). The van der Waals surface area contributed by atoms with E-state index in [2.05, 4.69) is 57.0 Å². The summed E-state index contributed by atoms with van der Waals surface area (Å²) in [5.41, 5.74) is 1.54. The zero-order chi connectivity index (χ0) is 19.2. The van der Waals surface area contributed by atoms with Crippen molar-refractivity contribution in [3.8, 4) is 5.75 Å². The number of likely N-dealkylation sites (tertiary alicyclic amines) is 1. The molecule has 26 heavy (non-hydrogen) atoms. The molecule has 0 unspecified atom stereocenters. The van der Waals surface area contributed by atoms with Crippen LogP contribution in [-0.4, -0.2) is 37.0 Å². The van der Waals surface area contributed by atoms with Crippen molar-refractivity contribution in [3.63, 3.8) is 0 Å². The highest BCUT2D eigenvalue weighted by Gasteiger charge is 2.32. The van der Waals surface area contributed by atoms with E-state index in [0.29, 0.717) is 5.92 Å². The number of amides is 1. The molecule has 4 heteroatoms. The lowest BCUT2D eigenvalue weighted by molar-refractivity contribution is -0.130. The topological polar surface area (TPSA) is 41.6 Å². The van der Waals surface area contributed by atoms with Gasteiger partial charge in [0, 0.05) is 26.2 Å². The molecule has 1 fully saturated rings. The van der Waals surface area contributed by atoms with E-state index in [1.165, 1.54) is 5.56 Å². The largest absolute Gasteiger partial charge is 0.494 e. The van der Waals surface area contributed by atoms with Gasteiger partial charge in [0.25, 0.3) is 0 Å². The Kier molecular flexibility index (Phi) is 7.51. The number of ether oxygens (including phenoxy) is 1. The molecule has 4 nitrogen and oxygen atoms in total. The van der Waals surface area contributed by atoms with Crippen LogP contribution in [0.5, 0.6) is 5.75 Å². The molecule has 1 aliphatic rings. The summed E-state index contributed by atoms with van der Waals surface area (Å²) in [5.74, 6) is 1.96. The van der Waals surface area contributed by atoms with Crippen LogP contribution in [0.3, 0.4) is 0 Å². The molecule has 1 aromatic rings. The number of nitrogens with one attached hydrogen (secondary N) is 1. The molecule has 0 aliphatic carbocycles. The minimum Gasteiger partial charge on any atom is -0.494 e. The molecule has 1 saturated heterocycles. The number of carbonyl (C=O) groups is 1. The molecule has 1 amide bonds. The Morgan fingerprint density at radius 1 is 1.23 bits per heavy atom. The van der Waals surface area contributed by atoms with E-state index < -0.39 is 0 Å². The van der Waals surface area contributed by atoms with Gasteiger partial charge >= 0.3 is 0 Å². The first-order chi connectivity index (χ1) is 12.2. The molecule has 0 saturated carbocycles. The van der Waals surface area contributed by atoms with Crippen LogP contribution in [0, 0.1) is 17.3 Å². The molecule has 0 aromatic heterocycles. The van der Waals surface area contributed by atoms with Crippen molar-refractivity contribution in [1.29, 1.82) is 0 Å². The predicted molar refractivity (Wildman–Crippen MR) is 107 cm³/mol. The first-order valence-electron chi connectivity index (χ1n) is 9.95. The van der Waals surface area contributed by atoms with Crippen molar-refractivity contribution in [2.45, 2.75) is 54.0 Å². The van der Waals surface area contributed by atoms with Crippen molar-refractivity contribution in [2.75, 3.05) is 26.2 Å². The maximum Gasteiger partial charge on any atom is 0.225 e. The Morgan fingerprint density at radius 2 is 1.88 bits per heavy atom. The summed E-state index contributed by atoms with van der Waals surface area (Å²) in [6, 6.07) is 8.35. The van der Waals surface area contributed by atoms with Gasteiger partial charge in [0.2, 0.25) is 5.91 Å². The monoisotopic (exact) mass is 360 g/mol. The molecule has 1 aromatic carbocycles. The van der Waals surface area contributed by atoms with Gasteiger partial charge in [-0.1, -0.05) is 46.8 Å². The predicted octanol–water partition coefficient (Wildman–Crippen LogP) is 4.10. The fraction of sp³-hybridized carbons (Fsp3) is 0.682. The average molecular weight is 361 g/mol. The van der Waals surface area contributed by atoms with Gasteiger partial charge in [0.1, 0.15) is 5.75 Å². The van der Waals surface area contributed by atoms with Gasteiger partial charge in [0.05, 0.1) is 12.5 Å². The third-order valence-electron chi connectivity index (χ3n) is 4.80. The molecule has 146 valence electrons. The number of benzene rings is 1. The summed E-state index contributed by atoms with van der Waals surface area (Å²) in [4.78, 5) is 14.5. The van der Waals surface area contributed by atoms with Gasteiger partial charge in [-0.05, 0) is 41.9 Å². The van der Waals surface area contributed by atoms with E-state index in [4.69, 9.17) is 4.74 Å². The van der Waals surface area contributed by atoms with Gasteiger partial charge in [-0.25, -0.2) is 0 Å². The quantitative estimate of drug-likeness (QED) is 0.721. The average Bonchev–Trinajstić information content (AvgIpc) is 2.50. The number of hydrogen-bond acceptors (Lipinski definition) is 3. The second kappa shape index (κ2) is 9.40. The minimum atomic E-state index is 0.147. The second-order valence-electron chi connectivity index (χ2n) is 9.17. The Balaban J connectivity index is 1.64. The molecular weight excluding hydrogens is 324 g/mol. The SMILES string of the molecule is CC(C)CCOc1ccc(CN2CC(C(=O)NCCC(C)(C)C)C2)cc1. The van der Waals surface area contributed by atoms with Crippen LogP contribution in [0.1, 0.15) is 53.0 Å². The molecule has 0 bridgehead atoms. The fourth-order valence-electron chi connectivity index (χ4n) is 2.93. The van der Waals surface area contributed by atoms with Crippen molar-refractivity contribution < 1.29 is 9.53 Å². The van der Waals surface area contributed by atoms with Crippen molar-refractivity contribution in [3.05, 3.63) is 29.8 Å². The lowest BCUT2D eigenvalue weighted by Crippen LogP contribution is -2.53. The van der Waals surface area contributed by atoms with Crippen LogP contribution in [0.2, 0.25) is 0 Å². The molecule has 1 N–H and O–H groups in total. The number of carbonyl (C=O) groups excluding carboxylic acids is 1. The van der Waals surface area contributed by atoms with E-state index in [-0.39, 0.29) is 17.2 Å². The number of nitrogens with zero attached hydrogens (tertiary/aromatic N) is 1. The molecule has 1 aliphatic heterocycles. The third-order valence-corrected chi connectivity index (χ3v) is 4.80. The van der Waals surface area contributed by atoms with Crippen LogP contribution in [0.4, 0.5) is 0 Å². The first-order valence-corrected chi connectivity index (χ1v) is 9.95. The summed E-state index contributed by atoms with van der Waals surface area (Å²) in [6.45, 7) is 15.2. The van der Waals surface area contributed by atoms with Crippen molar-refractivity contribution >= 4 is 5.91 Å². The molecular formula is C22H36N2O2. The van der Waals surface area contributed by atoms with E-state index in [0.717, 1.165) is 51.4 Å². The van der Waals surface area contributed by atoms with E-state index >= 15 is 0 Å². The van der Waals surface area contributed by atoms with E-state index in [1.54, 1.807) is 0 Å². The van der Waals surface area contributed by atoms with Crippen molar-refractivity contribution in [1.82, 2.24) is 10.2 Å².